The van der Waals surface area contributed by atoms with Gasteiger partial charge in [-0.3, -0.25) is 9.59 Å². The van der Waals surface area contributed by atoms with Gasteiger partial charge in [-0.2, -0.15) is 0 Å². The number of hydrogen-bond donors (Lipinski definition) is 1. The van der Waals surface area contributed by atoms with Crippen molar-refractivity contribution >= 4 is 17.7 Å². The van der Waals surface area contributed by atoms with Crippen molar-refractivity contribution in [1.29, 1.82) is 0 Å². The van der Waals surface area contributed by atoms with Crippen molar-refractivity contribution in [2.24, 2.45) is 22.7 Å². The molecule has 12 nitrogen and oxygen atoms in total. The van der Waals surface area contributed by atoms with Gasteiger partial charge in [-0.1, -0.05) is 36.8 Å². The molecule has 3 fully saturated rings. The summed E-state index contributed by atoms with van der Waals surface area (Å²) in [6, 6.07) is 5.83. The van der Waals surface area contributed by atoms with E-state index in [1.54, 1.807) is 32.9 Å². The number of ketones is 2. The minimum atomic E-state index is -2.10. The number of hydrogen-bond acceptors (Lipinski definition) is 11. The molecular weight excluding hydrogens is 593 g/mol. The molecule has 1 heterocycles. The van der Waals surface area contributed by atoms with Crippen molar-refractivity contribution in [3.8, 4) is 5.75 Å². The van der Waals surface area contributed by atoms with Gasteiger partial charge in [0, 0.05) is 23.2 Å². The first-order valence-corrected chi connectivity index (χ1v) is 15.0. The number of fused-ring (bicyclic) bond motifs is 7. The zero-order valence-corrected chi connectivity index (χ0v) is 25.4. The molecule has 13 heteroatoms. The average molecular weight is 630 g/mol. The molecule has 0 amide bonds. The van der Waals surface area contributed by atoms with Crippen LogP contribution in [0.2, 0.25) is 0 Å². The SMILES string of the molecule is CC1(C)O[C@@H]2C[C@H]3C4CC=C5CC(=O)C=C[C@]5(C)[C@@]4(F)[C@@H](O)C[C@]3(C)[C@]2(C(=O)COC(=O)Oc2cccc(CO[N+](=O)[O-])c2)O1. The second kappa shape index (κ2) is 10.4. The standard InChI is InChI=1S/C32H36FNO11/c1-28(2)44-26-14-23-22-9-8-19-13-20(35)10-11-29(19,3)31(22,33)24(36)15-30(23,4)32(26,45-28)25(37)17-41-27(38)43-21-7-5-6-18(12-21)16-42-34(39)40/h5-8,10-12,22-24,26,36H,9,13-17H2,1-4H3/t22?,23-,24-,26+,29-,30-,31-,32+/m0/s1. The Hall–Kier alpha value is -3.68. The molecule has 242 valence electrons. The summed E-state index contributed by atoms with van der Waals surface area (Å²) in [7, 11) is 0. The monoisotopic (exact) mass is 629 g/mol. The number of rotatable bonds is 7. The summed E-state index contributed by atoms with van der Waals surface area (Å²) in [4.78, 5) is 53.8. The Balaban J connectivity index is 1.25. The lowest BCUT2D eigenvalue weighted by Gasteiger charge is -2.62. The first-order valence-electron chi connectivity index (χ1n) is 15.0. The van der Waals surface area contributed by atoms with E-state index >= 15 is 4.39 Å². The first-order chi connectivity index (χ1) is 21.1. The average Bonchev–Trinajstić information content (AvgIpc) is 3.37. The quantitative estimate of drug-likeness (QED) is 0.150. The molecule has 1 unspecified atom stereocenters. The Labute approximate surface area is 258 Å². The Kier molecular flexibility index (Phi) is 7.25. The molecule has 1 aromatic carbocycles. The lowest BCUT2D eigenvalue weighted by Crippen LogP contribution is -2.69. The van der Waals surface area contributed by atoms with Crippen LogP contribution >= 0.6 is 0 Å². The molecule has 0 bridgehead atoms. The smallest absolute Gasteiger partial charge is 0.426 e. The van der Waals surface area contributed by atoms with E-state index in [0.29, 0.717) is 11.1 Å². The highest BCUT2D eigenvalue weighted by Crippen LogP contribution is 2.71. The maximum absolute atomic E-state index is 17.6. The number of alkyl halides is 1. The fraction of sp³-hybridized carbons (Fsp3) is 0.594. The minimum Gasteiger partial charge on any atom is -0.426 e. The predicted molar refractivity (Wildman–Crippen MR) is 152 cm³/mol. The van der Waals surface area contributed by atoms with Crippen LogP contribution < -0.4 is 4.74 Å². The molecule has 0 radical (unpaired) electrons. The van der Waals surface area contributed by atoms with E-state index in [1.807, 2.05) is 13.0 Å². The third-order valence-corrected chi connectivity index (χ3v) is 10.8. The summed E-state index contributed by atoms with van der Waals surface area (Å²) >= 11 is 0. The lowest BCUT2D eigenvalue weighted by atomic mass is 9.45. The second-order valence-corrected chi connectivity index (χ2v) is 13.6. The van der Waals surface area contributed by atoms with Crippen molar-refractivity contribution in [3.05, 3.63) is 63.7 Å². The Morgan fingerprint density at radius 3 is 2.69 bits per heavy atom. The van der Waals surface area contributed by atoms with Gasteiger partial charge in [-0.25, -0.2) is 9.18 Å². The number of allylic oxidation sites excluding steroid dienone is 4. The first kappa shape index (κ1) is 31.3. The van der Waals surface area contributed by atoms with Crippen LogP contribution in [0, 0.1) is 32.8 Å². The van der Waals surface area contributed by atoms with Gasteiger partial charge in [0.2, 0.25) is 5.78 Å². The number of carbonyl (C=O) groups excluding carboxylic acids is 3. The third-order valence-electron chi connectivity index (χ3n) is 10.8. The van der Waals surface area contributed by atoms with Gasteiger partial charge in [-0.15, -0.1) is 10.1 Å². The van der Waals surface area contributed by atoms with Crippen LogP contribution in [0.5, 0.6) is 5.75 Å². The van der Waals surface area contributed by atoms with Gasteiger partial charge in [-0.05, 0) is 69.7 Å². The van der Waals surface area contributed by atoms with Crippen LogP contribution in [-0.2, 0) is 35.2 Å². The van der Waals surface area contributed by atoms with Gasteiger partial charge in [0.15, 0.2) is 29.4 Å². The molecule has 1 N–H and O–H groups in total. The summed E-state index contributed by atoms with van der Waals surface area (Å²) in [5.41, 5.74) is -5.04. The van der Waals surface area contributed by atoms with Gasteiger partial charge < -0.3 is 28.9 Å². The highest BCUT2D eigenvalue weighted by atomic mass is 19.1. The van der Waals surface area contributed by atoms with Crippen molar-refractivity contribution in [2.75, 3.05) is 6.61 Å². The van der Waals surface area contributed by atoms with Crippen LogP contribution in [0.25, 0.3) is 0 Å². The maximum atomic E-state index is 17.6. The number of aliphatic hydroxyl groups excluding tert-OH is 1. The normalized spacial score (nSPS) is 39.1. The van der Waals surface area contributed by atoms with E-state index in [0.717, 1.165) is 0 Å². The van der Waals surface area contributed by atoms with Gasteiger partial charge in [0.1, 0.15) is 12.4 Å². The fourth-order valence-corrected chi connectivity index (χ4v) is 8.90. The number of halogens is 1. The summed E-state index contributed by atoms with van der Waals surface area (Å²) in [6.07, 6.45) is 1.88. The molecule has 8 atom stereocenters. The molecule has 0 spiro atoms. The highest BCUT2D eigenvalue weighted by molar-refractivity contribution is 5.94. The van der Waals surface area contributed by atoms with E-state index in [-0.39, 0.29) is 43.8 Å². The van der Waals surface area contributed by atoms with Crippen molar-refractivity contribution in [3.63, 3.8) is 0 Å². The summed E-state index contributed by atoms with van der Waals surface area (Å²) in [5, 5.41) is 21.2. The Bertz CT molecular complexity index is 1520. The number of carbonyl (C=O) groups is 3. The minimum absolute atomic E-state index is 0.0220. The molecule has 1 aliphatic heterocycles. The molecule has 2 saturated carbocycles. The van der Waals surface area contributed by atoms with Crippen molar-refractivity contribution < 1.29 is 52.8 Å². The molecule has 5 aliphatic rings. The van der Waals surface area contributed by atoms with Crippen LogP contribution in [0.1, 0.15) is 58.9 Å². The summed E-state index contributed by atoms with van der Waals surface area (Å²) in [5.74, 6) is -3.04. The molecule has 1 aromatic rings. The van der Waals surface area contributed by atoms with Crippen LogP contribution in [0.15, 0.2) is 48.1 Å². The fourth-order valence-electron chi connectivity index (χ4n) is 8.90. The van der Waals surface area contributed by atoms with Crippen LogP contribution in [0.4, 0.5) is 9.18 Å². The van der Waals surface area contributed by atoms with Crippen LogP contribution in [0.3, 0.4) is 0 Å². The zero-order valence-electron chi connectivity index (χ0n) is 25.4. The van der Waals surface area contributed by atoms with E-state index in [1.165, 1.54) is 24.3 Å². The van der Waals surface area contributed by atoms with Crippen molar-refractivity contribution in [1.82, 2.24) is 0 Å². The topological polar surface area (TPSA) is 161 Å². The molecule has 45 heavy (non-hydrogen) atoms. The summed E-state index contributed by atoms with van der Waals surface area (Å²) in [6.45, 7) is 5.77. The lowest BCUT2D eigenvalue weighted by molar-refractivity contribution is -0.763. The second-order valence-electron chi connectivity index (χ2n) is 13.6. The third kappa shape index (κ3) is 4.61. The number of ether oxygens (including phenoxy) is 4. The van der Waals surface area contributed by atoms with E-state index in [2.05, 4.69) is 4.84 Å². The van der Waals surface area contributed by atoms with E-state index < -0.39 is 75.6 Å². The summed E-state index contributed by atoms with van der Waals surface area (Å²) < 4.78 is 40.7. The Morgan fingerprint density at radius 1 is 1.20 bits per heavy atom. The molecule has 1 saturated heterocycles. The van der Waals surface area contributed by atoms with Crippen molar-refractivity contribution in [2.45, 2.75) is 89.2 Å². The number of nitrogens with zero attached hydrogens (tertiary/aromatic N) is 1. The number of aliphatic hydroxyl groups is 1. The van der Waals surface area contributed by atoms with Gasteiger partial charge in [0.25, 0.3) is 5.09 Å². The molecule has 0 aromatic heterocycles. The van der Waals surface area contributed by atoms with E-state index in [4.69, 9.17) is 18.9 Å². The molecule has 6 rings (SSSR count). The number of benzene rings is 1. The maximum Gasteiger partial charge on any atom is 0.514 e. The Morgan fingerprint density at radius 2 is 1.96 bits per heavy atom. The van der Waals surface area contributed by atoms with Crippen LogP contribution in [-0.4, -0.2) is 63.8 Å². The van der Waals surface area contributed by atoms with E-state index in [9.17, 15) is 29.6 Å². The predicted octanol–water partition coefficient (Wildman–Crippen LogP) is 4.35. The number of Topliss-reactive ketones (excluding diaryl/α,β-unsaturated/α-hetero) is 1. The molecule has 4 aliphatic carbocycles. The molecular formula is C32H36FNO11. The largest absolute Gasteiger partial charge is 0.514 e. The zero-order chi connectivity index (χ0) is 32.6. The highest BCUT2D eigenvalue weighted by Gasteiger charge is 2.80. The van der Waals surface area contributed by atoms with Gasteiger partial charge in [0.05, 0.1) is 12.2 Å². The van der Waals surface area contributed by atoms with Gasteiger partial charge >= 0.3 is 6.16 Å².